The van der Waals surface area contributed by atoms with Gasteiger partial charge in [0.15, 0.2) is 0 Å². The molecule has 0 radical (unpaired) electrons. The van der Waals surface area contributed by atoms with Crippen molar-refractivity contribution in [3.63, 3.8) is 0 Å². The van der Waals surface area contributed by atoms with Crippen LogP contribution in [0, 0.1) is 18.5 Å². The van der Waals surface area contributed by atoms with Crippen molar-refractivity contribution >= 4 is 49.1 Å². The third-order valence-electron chi connectivity index (χ3n) is 8.37. The molecule has 0 aliphatic carbocycles. The van der Waals surface area contributed by atoms with Crippen LogP contribution in [0.2, 0.25) is 0 Å². The molecule has 4 nitrogen and oxygen atoms in total. The first-order valence-electron chi connectivity index (χ1n) is 15.2. The molecule has 0 unspecified atom stereocenters. The third-order valence-corrected chi connectivity index (χ3v) is 8.37. The molecule has 218 valence electrons. The Morgan fingerprint density at radius 3 is 2.31 bits per heavy atom. The molecule has 0 atom stereocenters. The van der Waals surface area contributed by atoms with E-state index in [0.717, 1.165) is 29.9 Å². The first-order valence-corrected chi connectivity index (χ1v) is 15.2. The Morgan fingerprint density at radius 2 is 1.49 bits per heavy atom. The Hall–Kier alpha value is -4.83. The summed E-state index contributed by atoms with van der Waals surface area (Å²) in [5, 5.41) is 5.03. The maximum Gasteiger partial charge on any atom is 3.00 e. The maximum atomic E-state index is 4.22. The van der Waals surface area contributed by atoms with Crippen molar-refractivity contribution in [1.82, 2.24) is 14.0 Å². The summed E-state index contributed by atoms with van der Waals surface area (Å²) in [6, 6.07) is 48.9. The van der Waals surface area contributed by atoms with Crippen molar-refractivity contribution in [3.8, 4) is 16.9 Å². The van der Waals surface area contributed by atoms with Gasteiger partial charge in [0.2, 0.25) is 6.33 Å². The largest absolute Gasteiger partial charge is 3.00 e. The van der Waals surface area contributed by atoms with E-state index in [1.165, 1.54) is 55.5 Å². The first-order chi connectivity index (χ1) is 21.8. The summed E-state index contributed by atoms with van der Waals surface area (Å²) in [4.78, 5) is 4.22. The second kappa shape index (κ2) is 12.3. The molecular formula is C40H30IrN4+. The summed E-state index contributed by atoms with van der Waals surface area (Å²) in [5.74, 6) is 0. The Labute approximate surface area is 275 Å². The number of benzene rings is 5. The minimum Gasteiger partial charge on any atom is -0.358 e. The molecule has 5 aromatic carbocycles. The van der Waals surface area contributed by atoms with E-state index in [1.54, 1.807) is 6.20 Å². The van der Waals surface area contributed by atoms with Crippen LogP contribution in [0.5, 0.6) is 0 Å². The Balaban J connectivity index is 0.000000211. The van der Waals surface area contributed by atoms with E-state index in [-0.39, 0.29) is 20.1 Å². The van der Waals surface area contributed by atoms with Crippen molar-refractivity contribution in [1.29, 1.82) is 0 Å². The van der Waals surface area contributed by atoms with Crippen LogP contribution in [-0.2, 0) is 26.7 Å². The fourth-order valence-electron chi connectivity index (χ4n) is 6.32. The molecule has 9 rings (SSSR count). The number of rotatable bonds is 5. The number of para-hydroxylation sites is 4. The normalized spacial score (nSPS) is 11.3. The summed E-state index contributed by atoms with van der Waals surface area (Å²) >= 11 is 0. The number of imidazole rings is 1. The van der Waals surface area contributed by atoms with E-state index in [2.05, 4.69) is 123 Å². The van der Waals surface area contributed by atoms with Gasteiger partial charge in [-0.15, -0.1) is 59.5 Å². The second-order valence-corrected chi connectivity index (χ2v) is 11.1. The summed E-state index contributed by atoms with van der Waals surface area (Å²) in [6.45, 7) is 3.21. The van der Waals surface area contributed by atoms with Gasteiger partial charge in [0.05, 0.1) is 17.6 Å². The molecule has 0 spiro atoms. The van der Waals surface area contributed by atoms with Gasteiger partial charge in [-0.25, -0.2) is 0 Å². The average Bonchev–Trinajstić information content (AvgIpc) is 3.75. The molecule has 0 amide bonds. The molecule has 9 aromatic rings. The zero-order valence-corrected chi connectivity index (χ0v) is 27.3. The molecule has 5 heteroatoms. The Bertz CT molecular complexity index is 2330. The number of aryl methyl sites for hydroxylation is 1. The molecular weight excluding hydrogens is 729 g/mol. The summed E-state index contributed by atoms with van der Waals surface area (Å²) in [7, 11) is 0. The fraction of sp³-hybridized carbons (Fsp3) is 0.100. The molecule has 0 bridgehead atoms. The third kappa shape index (κ3) is 4.99. The van der Waals surface area contributed by atoms with Crippen LogP contribution in [-0.4, -0.2) is 14.0 Å². The van der Waals surface area contributed by atoms with Crippen molar-refractivity contribution < 1.29 is 24.7 Å². The van der Waals surface area contributed by atoms with E-state index in [0.29, 0.717) is 0 Å². The van der Waals surface area contributed by atoms with Crippen molar-refractivity contribution in [3.05, 3.63) is 146 Å². The fourth-order valence-corrected chi connectivity index (χ4v) is 6.32. The molecule has 0 saturated heterocycles. The topological polar surface area (TPSA) is 26.1 Å². The quantitative estimate of drug-likeness (QED) is 0.127. The van der Waals surface area contributed by atoms with Crippen LogP contribution in [0.3, 0.4) is 0 Å². The monoisotopic (exact) mass is 759 g/mol. The molecule has 4 heterocycles. The molecule has 0 saturated carbocycles. The van der Waals surface area contributed by atoms with Gasteiger partial charge in [-0.2, -0.15) is 0 Å². The van der Waals surface area contributed by atoms with Crippen molar-refractivity contribution in [2.45, 2.75) is 26.3 Å². The number of unbranched alkanes of at least 4 members (excludes halogenated alkanes) is 1. The van der Waals surface area contributed by atoms with Crippen LogP contribution < -0.4 is 4.57 Å². The van der Waals surface area contributed by atoms with Gasteiger partial charge in [0.1, 0.15) is 0 Å². The van der Waals surface area contributed by atoms with E-state index >= 15 is 0 Å². The zero-order valence-electron chi connectivity index (χ0n) is 24.9. The van der Waals surface area contributed by atoms with Crippen LogP contribution in [0.15, 0.2) is 128 Å². The molecule has 4 aromatic heterocycles. The number of fused-ring (bicyclic) bond motifs is 7. The minimum atomic E-state index is 0. The van der Waals surface area contributed by atoms with Crippen LogP contribution in [0.1, 0.15) is 19.8 Å². The van der Waals surface area contributed by atoms with Gasteiger partial charge in [0.25, 0.3) is 0 Å². The van der Waals surface area contributed by atoms with Gasteiger partial charge in [-0.05, 0) is 40.8 Å². The molecule has 0 aliphatic heterocycles. The Kier molecular flexibility index (Phi) is 7.89. The van der Waals surface area contributed by atoms with Gasteiger partial charge < -0.3 is 18.5 Å². The minimum absolute atomic E-state index is 0. The number of hydrogen-bond acceptors (Lipinski definition) is 1. The zero-order chi connectivity index (χ0) is 29.5. The summed E-state index contributed by atoms with van der Waals surface area (Å²) in [6.07, 6.45) is 7.70. The first kappa shape index (κ1) is 28.9. The van der Waals surface area contributed by atoms with E-state index in [4.69, 9.17) is 0 Å². The van der Waals surface area contributed by atoms with Gasteiger partial charge in [0, 0.05) is 22.6 Å². The van der Waals surface area contributed by atoms with Gasteiger partial charge in [-0.1, -0.05) is 91.5 Å². The molecule has 0 aliphatic rings. The number of hydrogen-bond donors (Lipinski definition) is 0. The summed E-state index contributed by atoms with van der Waals surface area (Å²) < 4.78 is 6.81. The average molecular weight is 759 g/mol. The SMILES string of the molecule is CCCC[n+]1[c-]n(-c2[c-]c3c4cccc5c6ccccc6n(c3cc2)c45)c2ccccc21.[Ir+3].[c-]1ccccc1-c1ccccn1. The second-order valence-electron chi connectivity index (χ2n) is 11.1. The predicted octanol–water partition coefficient (Wildman–Crippen LogP) is 9.01. The van der Waals surface area contributed by atoms with Crippen molar-refractivity contribution in [2.24, 2.45) is 0 Å². The summed E-state index contributed by atoms with van der Waals surface area (Å²) in [5.41, 5.74) is 9.17. The molecule has 45 heavy (non-hydrogen) atoms. The maximum absolute atomic E-state index is 4.22. The standard InChI is InChI=1S/C29H22N3.C11H8N.Ir/c1-2-3-17-30-19-31(28-14-7-6-13-27(28)30)20-15-16-26-24(18-20)23-11-8-10-22-21-9-4-5-12-25(21)32(26)29(22)23;1-2-6-10(7-3-1)11-8-4-5-9-12-11;/h4-16H,2-3,17H2,1H3;1-6,8-9H;/q2*-1;+3. The Morgan fingerprint density at radius 1 is 0.711 bits per heavy atom. The predicted molar refractivity (Wildman–Crippen MR) is 179 cm³/mol. The smallest absolute Gasteiger partial charge is 0.358 e. The number of nitrogens with zero attached hydrogens (tertiary/aromatic N) is 4. The molecule has 0 N–H and O–H groups in total. The van der Waals surface area contributed by atoms with E-state index in [1.807, 2.05) is 42.5 Å². The molecule has 0 fully saturated rings. The van der Waals surface area contributed by atoms with Crippen LogP contribution in [0.4, 0.5) is 0 Å². The number of aromatic nitrogens is 4. The van der Waals surface area contributed by atoms with Gasteiger partial charge >= 0.3 is 20.1 Å². The van der Waals surface area contributed by atoms with Crippen LogP contribution in [0.25, 0.3) is 66.1 Å². The van der Waals surface area contributed by atoms with Gasteiger partial charge in [-0.3, -0.25) is 0 Å². The van der Waals surface area contributed by atoms with Crippen LogP contribution >= 0.6 is 0 Å². The van der Waals surface area contributed by atoms with Crippen molar-refractivity contribution in [2.75, 3.05) is 0 Å². The van der Waals surface area contributed by atoms with E-state index < -0.39 is 0 Å². The van der Waals surface area contributed by atoms with E-state index in [9.17, 15) is 0 Å². The number of pyridine rings is 1.